The normalized spacial score (nSPS) is 14.5. The van der Waals surface area contributed by atoms with Crippen LogP contribution < -0.4 is 5.32 Å². The van der Waals surface area contributed by atoms with Crippen LogP contribution in [0.25, 0.3) is 0 Å². The monoisotopic (exact) mass is 290 g/mol. The number of hydrogen-bond donors (Lipinski definition) is 2. The molecule has 0 fully saturated rings. The molecule has 5 nitrogen and oxygen atoms in total. The van der Waals surface area contributed by atoms with Gasteiger partial charge in [-0.05, 0) is 37.8 Å². The summed E-state index contributed by atoms with van der Waals surface area (Å²) in [5.74, 6) is -0.843. The van der Waals surface area contributed by atoms with Crippen molar-refractivity contribution in [2.45, 2.75) is 45.2 Å². The molecular formula is C16H22N2O3. The van der Waals surface area contributed by atoms with Crippen molar-refractivity contribution < 1.29 is 14.7 Å². The number of fused-ring (bicyclic) bond motifs is 1. The van der Waals surface area contributed by atoms with Crippen molar-refractivity contribution in [3.05, 3.63) is 35.4 Å². The van der Waals surface area contributed by atoms with Gasteiger partial charge in [-0.25, -0.2) is 4.79 Å². The van der Waals surface area contributed by atoms with Crippen LogP contribution in [-0.2, 0) is 17.8 Å². The van der Waals surface area contributed by atoms with Gasteiger partial charge in [0.15, 0.2) is 0 Å². The van der Waals surface area contributed by atoms with Gasteiger partial charge < -0.3 is 15.3 Å². The van der Waals surface area contributed by atoms with Crippen molar-refractivity contribution in [1.82, 2.24) is 10.2 Å². The number of hydrogen-bond acceptors (Lipinski definition) is 2. The molecule has 0 bridgehead atoms. The van der Waals surface area contributed by atoms with E-state index in [1.807, 2.05) is 32.0 Å². The Bertz CT molecular complexity index is 540. The Morgan fingerprint density at radius 3 is 2.62 bits per heavy atom. The lowest BCUT2D eigenvalue weighted by Gasteiger charge is -2.33. The topological polar surface area (TPSA) is 69.6 Å². The van der Waals surface area contributed by atoms with Crippen LogP contribution in [0.1, 0.15) is 37.8 Å². The third-order valence-electron chi connectivity index (χ3n) is 3.83. The Hall–Kier alpha value is -2.04. The second-order valence-electron chi connectivity index (χ2n) is 6.15. The van der Waals surface area contributed by atoms with E-state index in [0.29, 0.717) is 19.5 Å². The highest BCUT2D eigenvalue weighted by Gasteiger charge is 2.26. The van der Waals surface area contributed by atoms with Crippen molar-refractivity contribution >= 4 is 12.0 Å². The first-order valence-electron chi connectivity index (χ1n) is 7.23. The molecule has 0 atom stereocenters. The molecule has 2 rings (SSSR count). The first-order valence-corrected chi connectivity index (χ1v) is 7.23. The molecule has 21 heavy (non-hydrogen) atoms. The number of nitrogens with one attached hydrogen (secondary N) is 1. The van der Waals surface area contributed by atoms with Gasteiger partial charge in [-0.3, -0.25) is 4.79 Å². The lowest BCUT2D eigenvalue weighted by Crippen LogP contribution is -2.51. The van der Waals surface area contributed by atoms with Crippen LogP contribution in [0.2, 0.25) is 0 Å². The molecule has 5 heteroatoms. The fourth-order valence-electron chi connectivity index (χ4n) is 2.52. The Kier molecular flexibility index (Phi) is 4.50. The molecular weight excluding hydrogens is 268 g/mol. The van der Waals surface area contributed by atoms with E-state index in [1.54, 1.807) is 4.90 Å². The SMILES string of the molecule is CC(C)(CCC(=O)O)NC(=O)N1CCc2ccccc2C1. The van der Waals surface area contributed by atoms with Crippen LogP contribution >= 0.6 is 0 Å². The Morgan fingerprint density at radius 2 is 1.95 bits per heavy atom. The van der Waals surface area contributed by atoms with E-state index in [0.717, 1.165) is 6.42 Å². The van der Waals surface area contributed by atoms with Crippen molar-refractivity contribution in [2.24, 2.45) is 0 Å². The number of aliphatic carboxylic acids is 1. The van der Waals surface area contributed by atoms with Crippen molar-refractivity contribution in [3.63, 3.8) is 0 Å². The summed E-state index contributed by atoms with van der Waals surface area (Å²) in [7, 11) is 0. The van der Waals surface area contributed by atoms with Crippen molar-refractivity contribution in [3.8, 4) is 0 Å². The van der Waals surface area contributed by atoms with Crippen LogP contribution in [-0.4, -0.2) is 34.1 Å². The molecule has 2 N–H and O–H groups in total. The largest absolute Gasteiger partial charge is 0.481 e. The van der Waals surface area contributed by atoms with Gasteiger partial charge in [0.25, 0.3) is 0 Å². The molecule has 2 amide bonds. The molecule has 0 aliphatic carbocycles. The average Bonchev–Trinajstić information content (AvgIpc) is 2.44. The van der Waals surface area contributed by atoms with E-state index in [2.05, 4.69) is 11.4 Å². The molecule has 0 unspecified atom stereocenters. The number of rotatable bonds is 4. The molecule has 1 aromatic rings. The second kappa shape index (κ2) is 6.16. The fourth-order valence-corrected chi connectivity index (χ4v) is 2.52. The van der Waals surface area contributed by atoms with E-state index < -0.39 is 11.5 Å². The van der Waals surface area contributed by atoms with Gasteiger partial charge in [0.05, 0.1) is 0 Å². The lowest BCUT2D eigenvalue weighted by molar-refractivity contribution is -0.137. The quantitative estimate of drug-likeness (QED) is 0.894. The van der Waals surface area contributed by atoms with Gasteiger partial charge >= 0.3 is 12.0 Å². The molecule has 114 valence electrons. The highest BCUT2D eigenvalue weighted by Crippen LogP contribution is 2.19. The summed E-state index contributed by atoms with van der Waals surface area (Å²) >= 11 is 0. The molecule has 0 spiro atoms. The maximum atomic E-state index is 12.3. The summed E-state index contributed by atoms with van der Waals surface area (Å²) < 4.78 is 0. The summed E-state index contributed by atoms with van der Waals surface area (Å²) in [6.07, 6.45) is 1.33. The minimum absolute atomic E-state index is 0.0517. The Balaban J connectivity index is 1.94. The van der Waals surface area contributed by atoms with E-state index in [4.69, 9.17) is 5.11 Å². The second-order valence-corrected chi connectivity index (χ2v) is 6.15. The summed E-state index contributed by atoms with van der Waals surface area (Å²) in [5, 5.41) is 11.7. The maximum absolute atomic E-state index is 12.3. The highest BCUT2D eigenvalue weighted by atomic mass is 16.4. The number of carbonyl (C=O) groups excluding carboxylic acids is 1. The minimum atomic E-state index is -0.843. The number of amides is 2. The fraction of sp³-hybridized carbons (Fsp3) is 0.500. The smallest absolute Gasteiger partial charge is 0.318 e. The standard InChI is InChI=1S/C16H22N2O3/c1-16(2,9-7-14(19)20)17-15(21)18-10-8-12-5-3-4-6-13(12)11-18/h3-6H,7-11H2,1-2H3,(H,17,21)(H,19,20). The van der Waals surface area contributed by atoms with E-state index in [-0.39, 0.29) is 12.5 Å². The van der Waals surface area contributed by atoms with Crippen molar-refractivity contribution in [1.29, 1.82) is 0 Å². The highest BCUT2D eigenvalue weighted by molar-refractivity contribution is 5.75. The number of carboxylic acid groups (broad SMARTS) is 1. The van der Waals surface area contributed by atoms with E-state index in [1.165, 1.54) is 11.1 Å². The minimum Gasteiger partial charge on any atom is -0.481 e. The Morgan fingerprint density at radius 1 is 1.29 bits per heavy atom. The molecule has 0 aromatic heterocycles. The Labute approximate surface area is 125 Å². The first-order chi connectivity index (χ1) is 9.87. The van der Waals surface area contributed by atoms with Gasteiger partial charge in [0.1, 0.15) is 0 Å². The molecule has 1 aromatic carbocycles. The van der Waals surface area contributed by atoms with Gasteiger partial charge in [-0.15, -0.1) is 0 Å². The number of carboxylic acids is 1. The number of benzene rings is 1. The first kappa shape index (κ1) is 15.4. The van der Waals surface area contributed by atoms with Crippen LogP contribution in [0.4, 0.5) is 4.79 Å². The summed E-state index contributed by atoms with van der Waals surface area (Å²) in [6, 6.07) is 8.02. The van der Waals surface area contributed by atoms with Gasteiger partial charge in [0, 0.05) is 25.0 Å². The van der Waals surface area contributed by atoms with Crippen LogP contribution in [0, 0.1) is 0 Å². The molecule has 1 aliphatic heterocycles. The maximum Gasteiger partial charge on any atom is 0.318 e. The zero-order chi connectivity index (χ0) is 15.5. The van der Waals surface area contributed by atoms with Gasteiger partial charge in [0.2, 0.25) is 0 Å². The zero-order valence-electron chi connectivity index (χ0n) is 12.6. The average molecular weight is 290 g/mol. The van der Waals surface area contributed by atoms with Crippen LogP contribution in [0.5, 0.6) is 0 Å². The summed E-state index contributed by atoms with van der Waals surface area (Å²) in [6.45, 7) is 5.01. The predicted octanol–water partition coefficient (Wildman–Crippen LogP) is 2.40. The number of carbonyl (C=O) groups is 2. The van der Waals surface area contributed by atoms with Gasteiger partial charge in [-0.1, -0.05) is 24.3 Å². The lowest BCUT2D eigenvalue weighted by atomic mass is 9.98. The number of urea groups is 1. The molecule has 1 heterocycles. The molecule has 0 saturated heterocycles. The third kappa shape index (κ3) is 4.21. The molecule has 0 saturated carbocycles. The van der Waals surface area contributed by atoms with E-state index >= 15 is 0 Å². The molecule has 1 aliphatic rings. The zero-order valence-corrected chi connectivity index (χ0v) is 12.6. The summed E-state index contributed by atoms with van der Waals surface area (Å²) in [5.41, 5.74) is 1.96. The predicted molar refractivity (Wildman–Crippen MR) is 80.0 cm³/mol. The number of nitrogens with zero attached hydrogens (tertiary/aromatic N) is 1. The van der Waals surface area contributed by atoms with Crippen LogP contribution in [0.3, 0.4) is 0 Å². The van der Waals surface area contributed by atoms with Crippen LogP contribution in [0.15, 0.2) is 24.3 Å². The van der Waals surface area contributed by atoms with Crippen molar-refractivity contribution in [2.75, 3.05) is 6.54 Å². The van der Waals surface area contributed by atoms with E-state index in [9.17, 15) is 9.59 Å². The van der Waals surface area contributed by atoms with Gasteiger partial charge in [-0.2, -0.15) is 0 Å². The summed E-state index contributed by atoms with van der Waals surface area (Å²) in [4.78, 5) is 24.8. The molecule has 0 radical (unpaired) electrons. The third-order valence-corrected chi connectivity index (χ3v) is 3.83.